The molecule has 0 aliphatic carbocycles. The molecule has 6 nitrogen and oxygen atoms in total. The van der Waals surface area contributed by atoms with Crippen molar-refractivity contribution in [1.82, 2.24) is 20.1 Å². The van der Waals surface area contributed by atoms with Gasteiger partial charge < -0.3 is 14.6 Å². The summed E-state index contributed by atoms with van der Waals surface area (Å²) in [7, 11) is 0. The highest BCUT2D eigenvalue weighted by Crippen LogP contribution is 2.29. The minimum atomic E-state index is -0.216. The summed E-state index contributed by atoms with van der Waals surface area (Å²) >= 11 is 11.2. The third kappa shape index (κ3) is 4.23. The third-order valence-electron chi connectivity index (χ3n) is 3.87. The number of fused-ring (bicyclic) bond motifs is 1. The summed E-state index contributed by atoms with van der Waals surface area (Å²) in [6, 6.07) is 5.62. The lowest BCUT2D eigenvalue weighted by Crippen LogP contribution is -2.23. The second kappa shape index (κ2) is 7.88. The van der Waals surface area contributed by atoms with E-state index in [-0.39, 0.29) is 11.9 Å². The molecule has 0 saturated carbocycles. The lowest BCUT2D eigenvalue weighted by molar-refractivity contribution is -0.116. The average Bonchev–Trinajstić information content (AvgIpc) is 2.98. The van der Waals surface area contributed by atoms with Gasteiger partial charge >= 0.3 is 0 Å². The van der Waals surface area contributed by atoms with Gasteiger partial charge in [0.1, 0.15) is 12.4 Å². The van der Waals surface area contributed by atoms with Crippen molar-refractivity contribution in [3.8, 4) is 5.75 Å². The zero-order valence-corrected chi connectivity index (χ0v) is 16.0. The van der Waals surface area contributed by atoms with Gasteiger partial charge in [-0.3, -0.25) is 9.89 Å². The van der Waals surface area contributed by atoms with Gasteiger partial charge in [-0.1, -0.05) is 17.7 Å². The Morgan fingerprint density at radius 2 is 2.35 bits per heavy atom. The Balaban J connectivity index is 1.63. The van der Waals surface area contributed by atoms with E-state index in [9.17, 15) is 4.79 Å². The molecule has 1 aliphatic rings. The summed E-state index contributed by atoms with van der Waals surface area (Å²) in [5.41, 5.74) is 1.79. The van der Waals surface area contributed by atoms with Gasteiger partial charge in [0.05, 0.1) is 6.54 Å². The van der Waals surface area contributed by atoms with Gasteiger partial charge in [0.15, 0.2) is 10.6 Å². The van der Waals surface area contributed by atoms with Crippen molar-refractivity contribution in [2.24, 2.45) is 0 Å². The van der Waals surface area contributed by atoms with E-state index in [1.165, 1.54) is 6.08 Å². The van der Waals surface area contributed by atoms with Crippen LogP contribution in [0.3, 0.4) is 0 Å². The van der Waals surface area contributed by atoms with E-state index in [0.717, 1.165) is 16.9 Å². The monoisotopic (exact) mass is 390 g/mol. The summed E-state index contributed by atoms with van der Waals surface area (Å²) in [6.07, 6.45) is 5.17. The zero-order valence-electron chi connectivity index (χ0n) is 14.5. The highest BCUT2D eigenvalue weighted by atomic mass is 35.5. The number of aromatic nitrogens is 3. The van der Waals surface area contributed by atoms with E-state index in [1.807, 2.05) is 36.6 Å². The van der Waals surface area contributed by atoms with E-state index >= 15 is 0 Å². The van der Waals surface area contributed by atoms with Crippen LogP contribution in [-0.2, 0) is 11.3 Å². The van der Waals surface area contributed by atoms with Crippen LogP contribution in [0.1, 0.15) is 31.3 Å². The van der Waals surface area contributed by atoms with Crippen LogP contribution in [0.15, 0.2) is 35.9 Å². The number of amides is 1. The van der Waals surface area contributed by atoms with Crippen molar-refractivity contribution >= 4 is 35.8 Å². The van der Waals surface area contributed by atoms with Crippen LogP contribution < -0.4 is 10.1 Å². The number of halogens is 1. The predicted octanol–water partition coefficient (Wildman–Crippen LogP) is 3.82. The largest absolute Gasteiger partial charge is 0.488 e. The molecule has 0 bridgehead atoms. The molecule has 8 heteroatoms. The summed E-state index contributed by atoms with van der Waals surface area (Å²) < 4.78 is 8.07. The lowest BCUT2D eigenvalue weighted by atomic mass is 10.1. The molecule has 0 fully saturated rings. The molecule has 2 heterocycles. The molecule has 0 atom stereocenters. The van der Waals surface area contributed by atoms with Crippen molar-refractivity contribution in [2.75, 3.05) is 6.61 Å². The van der Waals surface area contributed by atoms with E-state index < -0.39 is 0 Å². The summed E-state index contributed by atoms with van der Waals surface area (Å²) in [4.78, 5) is 12.1. The lowest BCUT2D eigenvalue weighted by Gasteiger charge is -2.16. The number of nitrogens with zero attached hydrogens (tertiary/aromatic N) is 2. The fourth-order valence-corrected chi connectivity index (χ4v) is 3.21. The highest BCUT2D eigenvalue weighted by molar-refractivity contribution is 7.71. The molecular weight excluding hydrogens is 372 g/mol. The summed E-state index contributed by atoms with van der Waals surface area (Å²) in [5.74, 6) is 1.26. The molecule has 136 valence electrons. The number of H-pyrrole nitrogens is 1. The molecule has 2 N–H and O–H groups in total. The molecule has 1 aliphatic heterocycles. The summed E-state index contributed by atoms with van der Waals surface area (Å²) in [5, 5.41) is 10.4. The topological polar surface area (TPSA) is 71.9 Å². The number of aromatic amines is 1. The Kier molecular flexibility index (Phi) is 5.58. The number of benzene rings is 1. The fraction of sp³-hybridized carbons (Fsp3) is 0.278. The molecule has 1 aromatic carbocycles. The third-order valence-corrected chi connectivity index (χ3v) is 4.39. The van der Waals surface area contributed by atoms with Crippen LogP contribution in [0.4, 0.5) is 0 Å². The van der Waals surface area contributed by atoms with Gasteiger partial charge in [0.25, 0.3) is 0 Å². The molecule has 1 amide bonds. The van der Waals surface area contributed by atoms with Crippen LogP contribution in [0.25, 0.3) is 6.08 Å². The maximum atomic E-state index is 12.1. The van der Waals surface area contributed by atoms with Gasteiger partial charge in [-0.15, -0.1) is 0 Å². The van der Waals surface area contributed by atoms with Crippen molar-refractivity contribution in [3.05, 3.63) is 57.1 Å². The van der Waals surface area contributed by atoms with Crippen LogP contribution in [0.2, 0.25) is 5.02 Å². The van der Waals surface area contributed by atoms with E-state index in [4.69, 9.17) is 28.6 Å². The molecule has 0 unspecified atom stereocenters. The first-order valence-electron chi connectivity index (χ1n) is 8.18. The fourth-order valence-electron chi connectivity index (χ4n) is 2.66. The number of hydrogen-bond donors (Lipinski definition) is 2. The molecular formula is C18H19ClN4O2S. The first-order chi connectivity index (χ1) is 12.4. The Labute approximate surface area is 161 Å². The van der Waals surface area contributed by atoms with Crippen LogP contribution in [0, 0.1) is 4.77 Å². The molecule has 1 aromatic heterocycles. The quantitative estimate of drug-likeness (QED) is 0.601. The average molecular weight is 391 g/mol. The van der Waals surface area contributed by atoms with Gasteiger partial charge in [0, 0.05) is 22.7 Å². The minimum absolute atomic E-state index is 0.167. The number of nitrogens with one attached hydrogen (secondary N) is 2. The Morgan fingerprint density at radius 1 is 1.54 bits per heavy atom. The molecule has 3 rings (SSSR count). The van der Waals surface area contributed by atoms with Crippen molar-refractivity contribution in [2.45, 2.75) is 26.4 Å². The molecule has 0 spiro atoms. The SMILES string of the molecule is CC(C)n1c(CNC(=O)C=CC2=Cc3cc(Cl)ccc3OC2)n[nH]c1=S. The maximum Gasteiger partial charge on any atom is 0.244 e. The smallest absolute Gasteiger partial charge is 0.244 e. The van der Waals surface area contributed by atoms with Crippen molar-refractivity contribution in [3.63, 3.8) is 0 Å². The normalized spacial score (nSPS) is 13.5. The second-order valence-corrected chi connectivity index (χ2v) is 6.97. The molecule has 0 saturated heterocycles. The highest BCUT2D eigenvalue weighted by Gasteiger charge is 2.11. The van der Waals surface area contributed by atoms with Gasteiger partial charge in [0.2, 0.25) is 5.91 Å². The molecule has 2 aromatic rings. The van der Waals surface area contributed by atoms with Crippen molar-refractivity contribution in [1.29, 1.82) is 0 Å². The van der Waals surface area contributed by atoms with E-state index in [0.29, 0.717) is 28.8 Å². The zero-order chi connectivity index (χ0) is 18.7. The van der Waals surface area contributed by atoms with E-state index in [1.54, 1.807) is 12.1 Å². The first-order valence-corrected chi connectivity index (χ1v) is 8.97. The van der Waals surface area contributed by atoms with Gasteiger partial charge in [-0.2, -0.15) is 5.10 Å². The number of rotatable bonds is 5. The Bertz CT molecular complexity index is 943. The minimum Gasteiger partial charge on any atom is -0.488 e. The van der Waals surface area contributed by atoms with Crippen LogP contribution >= 0.6 is 23.8 Å². The number of hydrogen-bond acceptors (Lipinski definition) is 4. The molecule has 0 radical (unpaired) electrons. The number of carbonyl (C=O) groups is 1. The van der Waals surface area contributed by atoms with Crippen LogP contribution in [-0.4, -0.2) is 27.3 Å². The van der Waals surface area contributed by atoms with E-state index in [2.05, 4.69) is 15.5 Å². The standard InChI is InChI=1S/C18H19ClN4O2S/c1-11(2)23-16(21-22-18(23)26)9-20-17(24)6-3-12-7-13-8-14(19)4-5-15(13)25-10-12/h3-8,11H,9-10H2,1-2H3,(H,20,24)(H,22,26). The Hall–Kier alpha value is -2.38. The molecule has 26 heavy (non-hydrogen) atoms. The number of ether oxygens (including phenoxy) is 1. The second-order valence-electron chi connectivity index (χ2n) is 6.15. The first kappa shape index (κ1) is 18.4. The van der Waals surface area contributed by atoms with Gasteiger partial charge in [-0.05, 0) is 55.9 Å². The maximum absolute atomic E-state index is 12.1. The van der Waals surface area contributed by atoms with Gasteiger partial charge in [-0.25, -0.2) is 0 Å². The number of carbonyl (C=O) groups excluding carboxylic acids is 1. The van der Waals surface area contributed by atoms with Crippen LogP contribution in [0.5, 0.6) is 5.75 Å². The van der Waals surface area contributed by atoms with Crippen molar-refractivity contribution < 1.29 is 9.53 Å². The summed E-state index contributed by atoms with van der Waals surface area (Å²) in [6.45, 7) is 4.72. The Morgan fingerprint density at radius 3 is 3.12 bits per heavy atom. The predicted molar refractivity (Wildman–Crippen MR) is 104 cm³/mol.